The average Bonchev–Trinajstić information content (AvgIpc) is 3.16. The molecule has 55 heavy (non-hydrogen) atoms. The predicted molar refractivity (Wildman–Crippen MR) is 231 cm³/mol. The number of carbonyl (C=O) groups excluding carboxylic acids is 2. The first-order valence-corrected chi connectivity index (χ1v) is 23.2. The number of rotatable bonds is 40. The molecule has 0 saturated heterocycles. The molecule has 10 nitrogen and oxygen atoms in total. The minimum absolute atomic E-state index is 0.0255. The maximum atomic E-state index is 12.6. The van der Waals surface area contributed by atoms with E-state index in [0.717, 1.165) is 25.7 Å². The number of nitrogens with zero attached hydrogens (tertiary/aromatic N) is 3. The first-order chi connectivity index (χ1) is 26.9. The van der Waals surface area contributed by atoms with E-state index in [2.05, 4.69) is 39.4 Å². The highest BCUT2D eigenvalue weighted by Crippen LogP contribution is 2.16. The number of anilines is 3. The summed E-state index contributed by atoms with van der Waals surface area (Å²) in [5, 5.41) is 5.89. The summed E-state index contributed by atoms with van der Waals surface area (Å²) in [7, 11) is 0. The van der Waals surface area contributed by atoms with Gasteiger partial charge in [0.1, 0.15) is 12.1 Å². The van der Waals surface area contributed by atoms with Crippen molar-refractivity contribution in [3.8, 4) is 0 Å². The fourth-order valence-corrected chi connectivity index (χ4v) is 6.92. The van der Waals surface area contributed by atoms with Crippen LogP contribution in [0.25, 0.3) is 0 Å². The molecule has 1 rings (SSSR count). The van der Waals surface area contributed by atoms with Crippen LogP contribution >= 0.6 is 0 Å². The standard InChI is InChI=1S/C45H86N6O4/c1-5-7-9-11-13-15-17-19-21-23-25-27-29-31-33-35-37-54-41(52)39(3)47-44-49-43(46)50-45(51-44)48-40(4)42(53)55-38-36-34-32-30-28-26-24-22-20-18-16-14-12-10-8-6-2/h39-40H,5-38H2,1-4H3,(H4,46,47,48,49,50,51)/t39-,40+. The highest BCUT2D eigenvalue weighted by Gasteiger charge is 2.19. The maximum Gasteiger partial charge on any atom is 0.328 e. The van der Waals surface area contributed by atoms with Gasteiger partial charge in [-0.05, 0) is 26.7 Å². The molecule has 0 aliphatic carbocycles. The summed E-state index contributed by atoms with van der Waals surface area (Å²) in [6, 6.07) is -1.34. The van der Waals surface area contributed by atoms with Crippen LogP contribution < -0.4 is 16.4 Å². The Labute approximate surface area is 337 Å². The van der Waals surface area contributed by atoms with Crippen LogP contribution in [0.2, 0.25) is 0 Å². The molecule has 0 bridgehead atoms. The van der Waals surface area contributed by atoms with Crippen LogP contribution in [-0.4, -0.2) is 52.2 Å². The van der Waals surface area contributed by atoms with Gasteiger partial charge in [0.05, 0.1) is 13.2 Å². The van der Waals surface area contributed by atoms with Crippen LogP contribution in [0.3, 0.4) is 0 Å². The van der Waals surface area contributed by atoms with Crippen LogP contribution in [0.4, 0.5) is 17.8 Å². The van der Waals surface area contributed by atoms with Gasteiger partial charge >= 0.3 is 11.9 Å². The van der Waals surface area contributed by atoms with Crippen molar-refractivity contribution in [2.24, 2.45) is 0 Å². The van der Waals surface area contributed by atoms with Gasteiger partial charge in [0.15, 0.2) is 0 Å². The summed E-state index contributed by atoms with van der Waals surface area (Å²) in [4.78, 5) is 37.6. The Balaban J connectivity index is 2.08. The summed E-state index contributed by atoms with van der Waals surface area (Å²) in [5.74, 6) is -0.505. The van der Waals surface area contributed by atoms with Crippen molar-refractivity contribution >= 4 is 29.8 Å². The fraction of sp³-hybridized carbons (Fsp3) is 0.889. The van der Waals surface area contributed by atoms with Gasteiger partial charge in [-0.3, -0.25) is 0 Å². The Hall–Kier alpha value is -2.65. The van der Waals surface area contributed by atoms with Crippen molar-refractivity contribution in [2.75, 3.05) is 29.6 Å². The quantitative estimate of drug-likeness (QED) is 0.0436. The normalized spacial score (nSPS) is 12.4. The highest BCUT2D eigenvalue weighted by atomic mass is 16.5. The second-order valence-corrected chi connectivity index (χ2v) is 16.0. The molecule has 0 radical (unpaired) electrons. The lowest BCUT2D eigenvalue weighted by Gasteiger charge is -2.16. The smallest absolute Gasteiger partial charge is 0.328 e. The van der Waals surface area contributed by atoms with Gasteiger partial charge in [-0.2, -0.15) is 15.0 Å². The molecule has 2 atom stereocenters. The lowest BCUT2D eigenvalue weighted by Crippen LogP contribution is -2.31. The van der Waals surface area contributed by atoms with Crippen molar-refractivity contribution in [1.82, 2.24) is 15.0 Å². The van der Waals surface area contributed by atoms with Crippen molar-refractivity contribution in [1.29, 1.82) is 0 Å². The van der Waals surface area contributed by atoms with E-state index in [4.69, 9.17) is 15.2 Å². The van der Waals surface area contributed by atoms with E-state index in [-0.39, 0.29) is 29.8 Å². The molecule has 0 saturated carbocycles. The zero-order chi connectivity index (χ0) is 40.0. The second-order valence-electron chi connectivity index (χ2n) is 16.0. The van der Waals surface area contributed by atoms with Gasteiger partial charge in [-0.1, -0.05) is 206 Å². The lowest BCUT2D eigenvalue weighted by atomic mass is 10.0. The fourth-order valence-electron chi connectivity index (χ4n) is 6.92. The van der Waals surface area contributed by atoms with Gasteiger partial charge in [-0.15, -0.1) is 0 Å². The van der Waals surface area contributed by atoms with E-state index >= 15 is 0 Å². The molecule has 0 unspecified atom stereocenters. The van der Waals surface area contributed by atoms with Gasteiger partial charge in [0, 0.05) is 0 Å². The van der Waals surface area contributed by atoms with Crippen LogP contribution in [0.5, 0.6) is 0 Å². The number of ether oxygens (including phenoxy) is 2. The third-order valence-corrected chi connectivity index (χ3v) is 10.5. The molecule has 0 amide bonds. The molecule has 0 fully saturated rings. The maximum absolute atomic E-state index is 12.6. The number of hydrogen-bond acceptors (Lipinski definition) is 10. The summed E-state index contributed by atoms with van der Waals surface area (Å²) >= 11 is 0. The van der Waals surface area contributed by atoms with Crippen molar-refractivity contribution in [3.05, 3.63) is 0 Å². The van der Waals surface area contributed by atoms with Crippen LogP contribution in [0, 0.1) is 0 Å². The van der Waals surface area contributed by atoms with Gasteiger partial charge < -0.3 is 25.8 Å². The third kappa shape index (κ3) is 31.2. The zero-order valence-electron chi connectivity index (χ0n) is 36.2. The molecule has 10 heteroatoms. The molecular weight excluding hydrogens is 689 g/mol. The van der Waals surface area contributed by atoms with E-state index in [9.17, 15) is 9.59 Å². The Morgan fingerprint density at radius 2 is 0.673 bits per heavy atom. The highest BCUT2D eigenvalue weighted by molar-refractivity contribution is 5.79. The first-order valence-electron chi connectivity index (χ1n) is 23.2. The molecule has 0 aliphatic heterocycles. The lowest BCUT2D eigenvalue weighted by molar-refractivity contribution is -0.145. The van der Waals surface area contributed by atoms with Crippen molar-refractivity contribution < 1.29 is 19.1 Å². The molecule has 1 heterocycles. The largest absolute Gasteiger partial charge is 0.464 e. The minimum atomic E-state index is -0.669. The molecule has 1 aromatic rings. The second kappa shape index (κ2) is 37.0. The number of esters is 2. The average molecular weight is 775 g/mol. The summed E-state index contributed by atoms with van der Waals surface area (Å²) < 4.78 is 11.0. The molecule has 1 aromatic heterocycles. The molecule has 0 aliphatic rings. The molecular formula is C45H86N6O4. The Kier molecular flexibility index (Phi) is 33.8. The zero-order valence-corrected chi connectivity index (χ0v) is 36.2. The van der Waals surface area contributed by atoms with Gasteiger partial charge in [0.2, 0.25) is 17.8 Å². The molecule has 0 aromatic carbocycles. The Bertz CT molecular complexity index is 968. The molecule has 0 spiro atoms. The molecule has 4 N–H and O–H groups in total. The minimum Gasteiger partial charge on any atom is -0.464 e. The van der Waals surface area contributed by atoms with Crippen LogP contribution in [-0.2, 0) is 19.1 Å². The summed E-state index contributed by atoms with van der Waals surface area (Å²) in [6.07, 6.45) is 41.7. The topological polar surface area (TPSA) is 141 Å². The number of nitrogens with two attached hydrogens (primary N) is 1. The number of hydrogen-bond donors (Lipinski definition) is 3. The SMILES string of the molecule is CCCCCCCCCCCCCCCCCCOC(=O)[C@H](C)Nc1nc(N)nc(N[C@H](C)C(=O)OCCCCCCCCCCCCCCCCCC)n1. The number of unbranched alkanes of at least 4 members (excludes halogenated alkanes) is 30. The van der Waals surface area contributed by atoms with Crippen molar-refractivity contribution in [3.63, 3.8) is 0 Å². The van der Waals surface area contributed by atoms with E-state index in [1.807, 2.05) is 0 Å². The number of aromatic nitrogens is 3. The Morgan fingerprint density at radius 1 is 0.436 bits per heavy atom. The third-order valence-electron chi connectivity index (χ3n) is 10.5. The van der Waals surface area contributed by atoms with Crippen molar-refractivity contribution in [2.45, 2.75) is 245 Å². The number of carbonyl (C=O) groups is 2. The van der Waals surface area contributed by atoms with E-state index in [0.29, 0.717) is 13.2 Å². The van der Waals surface area contributed by atoms with Crippen LogP contribution in [0.15, 0.2) is 0 Å². The number of nitrogens with one attached hydrogen (secondary N) is 2. The summed E-state index contributed by atoms with van der Waals surface area (Å²) in [6.45, 7) is 8.74. The summed E-state index contributed by atoms with van der Waals surface area (Å²) in [5.41, 5.74) is 5.90. The molecule has 320 valence electrons. The monoisotopic (exact) mass is 775 g/mol. The Morgan fingerprint density at radius 3 is 0.927 bits per heavy atom. The van der Waals surface area contributed by atoms with Crippen LogP contribution in [0.1, 0.15) is 233 Å². The van der Waals surface area contributed by atoms with E-state index in [1.54, 1.807) is 13.8 Å². The predicted octanol–water partition coefficient (Wildman–Crippen LogP) is 12.7. The first kappa shape index (κ1) is 50.4. The van der Waals surface area contributed by atoms with E-state index < -0.39 is 12.1 Å². The van der Waals surface area contributed by atoms with E-state index in [1.165, 1.54) is 180 Å². The van der Waals surface area contributed by atoms with Gasteiger partial charge in [0.25, 0.3) is 0 Å². The van der Waals surface area contributed by atoms with Gasteiger partial charge in [-0.25, -0.2) is 9.59 Å². The number of nitrogen functional groups attached to an aromatic ring is 1.